The molecule has 0 aliphatic carbocycles. The third kappa shape index (κ3) is 6.61. The van der Waals surface area contributed by atoms with Crippen molar-refractivity contribution in [3.05, 3.63) is 88.2 Å². The Balaban J connectivity index is 1.93. The van der Waals surface area contributed by atoms with Crippen LogP contribution in [-0.4, -0.2) is 19.7 Å². The molecule has 0 fully saturated rings. The summed E-state index contributed by atoms with van der Waals surface area (Å²) < 4.78 is 26.3. The van der Waals surface area contributed by atoms with E-state index in [1.165, 1.54) is 23.9 Å². The van der Waals surface area contributed by atoms with E-state index in [4.69, 9.17) is 9.47 Å². The summed E-state index contributed by atoms with van der Waals surface area (Å²) in [6.45, 7) is 2.03. The van der Waals surface area contributed by atoms with Crippen LogP contribution in [0, 0.1) is 5.82 Å². The zero-order chi connectivity index (χ0) is 22.9. The van der Waals surface area contributed by atoms with Crippen LogP contribution in [0.2, 0.25) is 0 Å². The van der Waals surface area contributed by atoms with Crippen LogP contribution < -0.4 is 10.1 Å². The lowest BCUT2D eigenvalue weighted by Crippen LogP contribution is -2.00. The quantitative estimate of drug-likeness (QED) is 0.185. The number of methoxy groups -OCH3 is 1. The van der Waals surface area contributed by atoms with E-state index in [0.717, 1.165) is 10.0 Å². The van der Waals surface area contributed by atoms with Crippen LogP contribution in [0.1, 0.15) is 18.1 Å². The second kappa shape index (κ2) is 11.7. The minimum absolute atomic E-state index is 0.284. The van der Waals surface area contributed by atoms with Gasteiger partial charge in [0.15, 0.2) is 0 Å². The van der Waals surface area contributed by atoms with Crippen LogP contribution in [0.3, 0.4) is 0 Å². The standard InChI is InChI=1S/C25H23BrFNO3S/c1-3-31-25(29)12-9-18-13-24(32-16-17-7-5-4-6-8-17)20(27)15-22(18)28-21-11-10-19(26)14-23(21)30-2/h4-15,28H,3,16H2,1-2H3. The van der Waals surface area contributed by atoms with Gasteiger partial charge < -0.3 is 14.8 Å². The highest BCUT2D eigenvalue weighted by Gasteiger charge is 2.13. The lowest BCUT2D eigenvalue weighted by Gasteiger charge is -2.15. The number of halogens is 2. The molecule has 0 aromatic heterocycles. The molecule has 0 bridgehead atoms. The summed E-state index contributed by atoms with van der Waals surface area (Å²) in [5.74, 6) is 0.425. The maximum Gasteiger partial charge on any atom is 0.330 e. The number of thioether (sulfide) groups is 1. The summed E-state index contributed by atoms with van der Waals surface area (Å²) in [6, 6.07) is 18.5. The van der Waals surface area contributed by atoms with Gasteiger partial charge in [0.2, 0.25) is 0 Å². The summed E-state index contributed by atoms with van der Waals surface area (Å²) in [5, 5.41) is 3.22. The van der Waals surface area contributed by atoms with Gasteiger partial charge >= 0.3 is 5.97 Å². The molecule has 166 valence electrons. The van der Waals surface area contributed by atoms with Gasteiger partial charge in [0.1, 0.15) is 11.6 Å². The fraction of sp³-hybridized carbons (Fsp3) is 0.160. The molecule has 3 rings (SSSR count). The Morgan fingerprint density at radius 3 is 2.62 bits per heavy atom. The number of hydrogen-bond donors (Lipinski definition) is 1. The minimum Gasteiger partial charge on any atom is -0.495 e. The Hall–Kier alpha value is -2.77. The molecule has 0 radical (unpaired) electrons. The SMILES string of the molecule is CCOC(=O)C=Cc1cc(SCc2ccccc2)c(F)cc1Nc1ccc(Br)cc1OC. The van der Waals surface area contributed by atoms with Crippen molar-refractivity contribution in [2.45, 2.75) is 17.6 Å². The van der Waals surface area contributed by atoms with Crippen molar-refractivity contribution in [2.75, 3.05) is 19.0 Å². The summed E-state index contributed by atoms with van der Waals surface area (Å²) in [5.41, 5.74) is 2.93. The molecule has 1 N–H and O–H groups in total. The molecular formula is C25H23BrFNO3S. The molecule has 0 aliphatic heterocycles. The second-order valence-electron chi connectivity index (χ2n) is 6.70. The maximum atomic E-state index is 15.0. The van der Waals surface area contributed by atoms with Crippen LogP contribution >= 0.6 is 27.7 Å². The number of nitrogens with one attached hydrogen (secondary N) is 1. The summed E-state index contributed by atoms with van der Waals surface area (Å²) in [6.07, 6.45) is 2.96. The number of anilines is 2. The lowest BCUT2D eigenvalue weighted by molar-refractivity contribution is -0.137. The van der Waals surface area contributed by atoms with Crippen LogP contribution in [0.4, 0.5) is 15.8 Å². The number of rotatable bonds is 9. The monoisotopic (exact) mass is 515 g/mol. The minimum atomic E-state index is -0.456. The van der Waals surface area contributed by atoms with Crippen LogP contribution in [0.15, 0.2) is 76.1 Å². The fourth-order valence-electron chi connectivity index (χ4n) is 2.92. The number of esters is 1. The van der Waals surface area contributed by atoms with E-state index in [1.54, 1.807) is 26.2 Å². The number of carbonyl (C=O) groups excluding carboxylic acids is 1. The first-order valence-electron chi connectivity index (χ1n) is 9.95. The predicted molar refractivity (Wildman–Crippen MR) is 132 cm³/mol. The van der Waals surface area contributed by atoms with Crippen molar-refractivity contribution >= 4 is 51.1 Å². The van der Waals surface area contributed by atoms with Gasteiger partial charge in [-0.1, -0.05) is 46.3 Å². The molecule has 4 nitrogen and oxygen atoms in total. The fourth-order valence-corrected chi connectivity index (χ4v) is 4.18. The molecule has 0 heterocycles. The summed E-state index contributed by atoms with van der Waals surface area (Å²) >= 11 is 4.82. The zero-order valence-corrected chi connectivity index (χ0v) is 20.1. The van der Waals surface area contributed by atoms with Crippen molar-refractivity contribution in [2.24, 2.45) is 0 Å². The van der Waals surface area contributed by atoms with Gasteiger partial charge in [-0.15, -0.1) is 11.8 Å². The predicted octanol–water partition coefficient (Wildman–Crippen LogP) is 7.21. The van der Waals surface area contributed by atoms with Gasteiger partial charge in [-0.2, -0.15) is 0 Å². The van der Waals surface area contributed by atoms with E-state index in [0.29, 0.717) is 33.3 Å². The number of carbonyl (C=O) groups is 1. The maximum absolute atomic E-state index is 15.0. The smallest absolute Gasteiger partial charge is 0.330 e. The van der Waals surface area contributed by atoms with Crippen molar-refractivity contribution in [3.8, 4) is 5.75 Å². The van der Waals surface area contributed by atoms with E-state index in [9.17, 15) is 9.18 Å². The van der Waals surface area contributed by atoms with E-state index >= 15 is 0 Å². The topological polar surface area (TPSA) is 47.6 Å². The first kappa shape index (κ1) is 23.9. The Labute approximate surface area is 200 Å². The summed E-state index contributed by atoms with van der Waals surface area (Å²) in [4.78, 5) is 12.3. The molecule has 0 saturated heterocycles. The Morgan fingerprint density at radius 2 is 1.91 bits per heavy atom. The third-order valence-corrected chi connectivity index (χ3v) is 6.05. The number of ether oxygens (including phenoxy) is 2. The van der Waals surface area contributed by atoms with Crippen molar-refractivity contribution in [1.82, 2.24) is 0 Å². The summed E-state index contributed by atoms with van der Waals surface area (Å²) in [7, 11) is 1.57. The van der Waals surface area contributed by atoms with E-state index in [2.05, 4.69) is 21.2 Å². The number of benzene rings is 3. The highest BCUT2D eigenvalue weighted by atomic mass is 79.9. The molecule has 0 aliphatic rings. The van der Waals surface area contributed by atoms with Gasteiger partial charge in [0.05, 0.1) is 19.4 Å². The Kier molecular flexibility index (Phi) is 8.76. The Bertz CT molecular complexity index is 1110. The van der Waals surface area contributed by atoms with Gasteiger partial charge in [-0.25, -0.2) is 9.18 Å². The first-order valence-corrected chi connectivity index (χ1v) is 11.7. The highest BCUT2D eigenvalue weighted by Crippen LogP contribution is 2.35. The van der Waals surface area contributed by atoms with E-state index < -0.39 is 5.97 Å². The lowest BCUT2D eigenvalue weighted by atomic mass is 10.1. The average Bonchev–Trinajstić information content (AvgIpc) is 2.79. The molecule has 3 aromatic rings. The van der Waals surface area contributed by atoms with E-state index in [-0.39, 0.29) is 12.4 Å². The molecular weight excluding hydrogens is 493 g/mol. The van der Waals surface area contributed by atoms with Crippen molar-refractivity contribution < 1.29 is 18.7 Å². The van der Waals surface area contributed by atoms with Crippen molar-refractivity contribution in [3.63, 3.8) is 0 Å². The van der Waals surface area contributed by atoms with Crippen LogP contribution in [0.5, 0.6) is 5.75 Å². The molecule has 0 saturated carbocycles. The third-order valence-electron chi connectivity index (χ3n) is 4.46. The molecule has 0 spiro atoms. The Morgan fingerprint density at radius 1 is 1.12 bits per heavy atom. The first-order chi connectivity index (χ1) is 15.5. The average molecular weight is 516 g/mol. The molecule has 0 amide bonds. The molecule has 0 atom stereocenters. The molecule has 32 heavy (non-hydrogen) atoms. The normalized spacial score (nSPS) is 10.9. The highest BCUT2D eigenvalue weighted by molar-refractivity contribution is 9.10. The van der Waals surface area contributed by atoms with Gasteiger partial charge in [0, 0.05) is 26.9 Å². The zero-order valence-electron chi connectivity index (χ0n) is 17.7. The largest absolute Gasteiger partial charge is 0.495 e. The molecule has 3 aromatic carbocycles. The molecule has 0 unspecified atom stereocenters. The van der Waals surface area contributed by atoms with Crippen LogP contribution in [-0.2, 0) is 15.3 Å². The van der Waals surface area contributed by atoms with Gasteiger partial charge in [-0.3, -0.25) is 0 Å². The van der Waals surface area contributed by atoms with E-state index in [1.807, 2.05) is 48.5 Å². The van der Waals surface area contributed by atoms with Gasteiger partial charge in [0.25, 0.3) is 0 Å². The second-order valence-corrected chi connectivity index (χ2v) is 8.63. The van der Waals surface area contributed by atoms with Gasteiger partial charge in [-0.05, 0) is 54.5 Å². The molecule has 7 heteroatoms. The van der Waals surface area contributed by atoms with Crippen LogP contribution in [0.25, 0.3) is 6.08 Å². The number of hydrogen-bond acceptors (Lipinski definition) is 5. The van der Waals surface area contributed by atoms with Crippen molar-refractivity contribution in [1.29, 1.82) is 0 Å².